The molecule has 3 heterocycles. The Morgan fingerprint density at radius 1 is 1.07 bits per heavy atom. The topological polar surface area (TPSA) is 28.6 Å². The van der Waals surface area contributed by atoms with E-state index in [1.54, 1.807) is 0 Å². The van der Waals surface area contributed by atoms with Gasteiger partial charge in [0.2, 0.25) is 0 Å². The van der Waals surface area contributed by atoms with Crippen molar-refractivity contribution in [3.63, 3.8) is 0 Å². The highest BCUT2D eigenvalue weighted by atomic mass is 32.1. The third-order valence-corrected chi connectivity index (χ3v) is 8.38. The largest absolute Gasteiger partial charge is 0.494 e. The zero-order valence-electron chi connectivity index (χ0n) is 18.3. The van der Waals surface area contributed by atoms with E-state index in [4.69, 9.17) is 9.72 Å². The smallest absolute Gasteiger partial charge is 0.123 e. The van der Waals surface area contributed by atoms with Crippen LogP contribution in [-0.4, -0.2) is 53.1 Å². The van der Waals surface area contributed by atoms with E-state index in [2.05, 4.69) is 41.0 Å². The Balaban J connectivity index is 1.14. The van der Waals surface area contributed by atoms with Gasteiger partial charge in [-0.3, -0.25) is 4.90 Å². The molecule has 1 saturated carbocycles. The van der Waals surface area contributed by atoms with Crippen LogP contribution in [-0.2, 0) is 13.0 Å². The molecule has 5 rings (SSSR count). The number of hydrogen-bond donors (Lipinski definition) is 0. The van der Waals surface area contributed by atoms with Crippen LogP contribution in [0.15, 0.2) is 24.3 Å². The first kappa shape index (κ1) is 20.5. The highest BCUT2D eigenvalue weighted by Crippen LogP contribution is 2.35. The van der Waals surface area contributed by atoms with Gasteiger partial charge in [-0.25, -0.2) is 4.98 Å². The molecule has 1 aliphatic carbocycles. The van der Waals surface area contributed by atoms with Gasteiger partial charge in [0.15, 0.2) is 0 Å². The number of nitrogens with zero attached hydrogens (tertiary/aromatic N) is 3. The molecule has 0 amide bonds. The maximum atomic E-state index is 5.99. The van der Waals surface area contributed by atoms with Crippen molar-refractivity contribution in [2.24, 2.45) is 0 Å². The van der Waals surface area contributed by atoms with Gasteiger partial charge in [0, 0.05) is 48.6 Å². The zero-order chi connectivity index (χ0) is 20.3. The summed E-state index contributed by atoms with van der Waals surface area (Å²) in [5.41, 5.74) is 2.56. The molecule has 1 aromatic carbocycles. The number of ether oxygens (including phenoxy) is 1. The van der Waals surface area contributed by atoms with Crippen molar-refractivity contribution in [3.8, 4) is 16.3 Å². The molecule has 30 heavy (non-hydrogen) atoms. The molecule has 2 aromatic rings. The summed E-state index contributed by atoms with van der Waals surface area (Å²) in [5.74, 6) is 0.974. The van der Waals surface area contributed by atoms with Crippen molar-refractivity contribution in [3.05, 3.63) is 34.8 Å². The predicted molar refractivity (Wildman–Crippen MR) is 124 cm³/mol. The van der Waals surface area contributed by atoms with E-state index in [0.29, 0.717) is 0 Å². The van der Waals surface area contributed by atoms with Crippen LogP contribution in [0.1, 0.15) is 62.4 Å². The van der Waals surface area contributed by atoms with Crippen LogP contribution in [0.3, 0.4) is 0 Å². The second-order valence-electron chi connectivity index (χ2n) is 9.30. The highest BCUT2D eigenvalue weighted by Gasteiger charge is 2.28. The summed E-state index contributed by atoms with van der Waals surface area (Å²) < 4.78 is 5.99. The first-order chi connectivity index (χ1) is 14.8. The van der Waals surface area contributed by atoms with Gasteiger partial charge in [-0.15, -0.1) is 11.3 Å². The van der Waals surface area contributed by atoms with Gasteiger partial charge in [0.05, 0.1) is 12.3 Å². The second kappa shape index (κ2) is 9.37. The fraction of sp³-hybridized carbons (Fsp3) is 0.640. The van der Waals surface area contributed by atoms with E-state index in [9.17, 15) is 0 Å². The predicted octanol–water partition coefficient (Wildman–Crippen LogP) is 5.36. The molecule has 1 aromatic heterocycles. The third kappa shape index (κ3) is 4.58. The molecule has 1 saturated heterocycles. The van der Waals surface area contributed by atoms with Crippen molar-refractivity contribution < 1.29 is 4.74 Å². The lowest BCUT2D eigenvalue weighted by Gasteiger charge is -2.31. The molecule has 0 N–H and O–H groups in total. The molecule has 0 radical (unpaired) electrons. The van der Waals surface area contributed by atoms with Crippen molar-refractivity contribution >= 4 is 11.3 Å². The highest BCUT2D eigenvalue weighted by molar-refractivity contribution is 7.15. The average Bonchev–Trinajstić information content (AvgIpc) is 3.52. The molecule has 1 unspecified atom stereocenters. The molecule has 3 aliphatic rings. The van der Waals surface area contributed by atoms with Crippen LogP contribution in [0.4, 0.5) is 0 Å². The van der Waals surface area contributed by atoms with Gasteiger partial charge in [0.1, 0.15) is 10.8 Å². The van der Waals surface area contributed by atoms with Crippen LogP contribution in [0.25, 0.3) is 10.6 Å². The van der Waals surface area contributed by atoms with E-state index >= 15 is 0 Å². The Hall–Kier alpha value is -1.43. The SMILES string of the molecule is CC1CCCN1CCCOc1ccc(-c2nc3c(s2)CN(C2CCCC2)CC3)cc1. The number of fused-ring (bicyclic) bond motifs is 1. The Kier molecular flexibility index (Phi) is 6.40. The number of aromatic nitrogens is 1. The van der Waals surface area contributed by atoms with Gasteiger partial charge in [0.25, 0.3) is 0 Å². The summed E-state index contributed by atoms with van der Waals surface area (Å²) in [6, 6.07) is 10.1. The third-order valence-electron chi connectivity index (χ3n) is 7.25. The van der Waals surface area contributed by atoms with Crippen LogP contribution < -0.4 is 4.74 Å². The van der Waals surface area contributed by atoms with Crippen LogP contribution in [0, 0.1) is 0 Å². The van der Waals surface area contributed by atoms with Crippen LogP contribution in [0.5, 0.6) is 5.75 Å². The molecule has 0 bridgehead atoms. The molecular weight excluding hydrogens is 390 g/mol. The fourth-order valence-corrected chi connectivity index (χ4v) is 6.54. The molecule has 5 heteroatoms. The monoisotopic (exact) mass is 425 g/mol. The molecule has 4 nitrogen and oxygen atoms in total. The quantitative estimate of drug-likeness (QED) is 0.558. The number of benzene rings is 1. The summed E-state index contributed by atoms with van der Waals surface area (Å²) in [6.07, 6.45) is 10.5. The lowest BCUT2D eigenvalue weighted by atomic mass is 10.1. The Morgan fingerprint density at radius 2 is 1.90 bits per heavy atom. The molecule has 162 valence electrons. The minimum atomic E-state index is 0.749. The summed E-state index contributed by atoms with van der Waals surface area (Å²) in [4.78, 5) is 11.8. The van der Waals surface area contributed by atoms with Crippen molar-refractivity contribution in [2.45, 2.75) is 76.9 Å². The molecule has 0 spiro atoms. The van der Waals surface area contributed by atoms with Gasteiger partial charge in [-0.2, -0.15) is 0 Å². The number of hydrogen-bond acceptors (Lipinski definition) is 5. The second-order valence-corrected chi connectivity index (χ2v) is 10.4. The Morgan fingerprint density at radius 3 is 2.67 bits per heavy atom. The number of likely N-dealkylation sites (tertiary alicyclic amines) is 1. The van der Waals surface area contributed by atoms with Gasteiger partial charge in [-0.05, 0) is 69.8 Å². The van der Waals surface area contributed by atoms with Crippen molar-refractivity contribution in [1.82, 2.24) is 14.8 Å². The Labute approximate surface area is 185 Å². The van der Waals surface area contributed by atoms with Gasteiger partial charge >= 0.3 is 0 Å². The normalized spacial score (nSPS) is 23.2. The average molecular weight is 426 g/mol. The van der Waals surface area contributed by atoms with E-state index in [1.807, 2.05) is 11.3 Å². The first-order valence-corrected chi connectivity index (χ1v) is 12.8. The van der Waals surface area contributed by atoms with E-state index < -0.39 is 0 Å². The van der Waals surface area contributed by atoms with Gasteiger partial charge in [-0.1, -0.05) is 12.8 Å². The van der Waals surface area contributed by atoms with E-state index in [0.717, 1.165) is 50.4 Å². The molecule has 2 fully saturated rings. The minimum Gasteiger partial charge on any atom is -0.494 e. The molecule has 1 atom stereocenters. The number of rotatable bonds is 7. The zero-order valence-corrected chi connectivity index (χ0v) is 19.1. The maximum Gasteiger partial charge on any atom is 0.123 e. The molecular formula is C25H35N3OS. The molecule has 2 aliphatic heterocycles. The lowest BCUT2D eigenvalue weighted by Crippen LogP contribution is -2.37. The summed E-state index contributed by atoms with van der Waals surface area (Å²) >= 11 is 1.89. The van der Waals surface area contributed by atoms with E-state index in [-0.39, 0.29) is 0 Å². The van der Waals surface area contributed by atoms with Crippen LogP contribution >= 0.6 is 11.3 Å². The summed E-state index contributed by atoms with van der Waals surface area (Å²) in [5, 5.41) is 1.17. The van der Waals surface area contributed by atoms with Crippen molar-refractivity contribution in [1.29, 1.82) is 0 Å². The van der Waals surface area contributed by atoms with Gasteiger partial charge < -0.3 is 9.64 Å². The summed E-state index contributed by atoms with van der Waals surface area (Å²) in [7, 11) is 0. The fourth-order valence-electron chi connectivity index (χ4n) is 5.40. The standard InChI is InChI=1S/C25H35N3OS/c1-19-6-4-14-27(19)15-5-17-29-22-11-9-20(10-12-22)25-26-23-13-16-28(18-24(23)30-25)21-7-2-3-8-21/h9-12,19,21H,2-8,13-18H2,1H3. The first-order valence-electron chi connectivity index (χ1n) is 12.0. The summed E-state index contributed by atoms with van der Waals surface area (Å²) in [6.45, 7) is 7.84. The maximum absolute atomic E-state index is 5.99. The van der Waals surface area contributed by atoms with Crippen LogP contribution in [0.2, 0.25) is 0 Å². The Bertz CT molecular complexity index is 827. The number of thiazole rings is 1. The van der Waals surface area contributed by atoms with Crippen molar-refractivity contribution in [2.75, 3.05) is 26.2 Å². The lowest BCUT2D eigenvalue weighted by molar-refractivity contribution is 0.182. The van der Waals surface area contributed by atoms with E-state index in [1.165, 1.54) is 72.8 Å². The minimum absolute atomic E-state index is 0.749.